The molecule has 0 spiro atoms. The molecule has 0 aliphatic carbocycles. The molecule has 0 atom stereocenters. The summed E-state index contributed by atoms with van der Waals surface area (Å²) in [4.78, 5) is 13.5. The second-order valence-corrected chi connectivity index (χ2v) is 10.0. The summed E-state index contributed by atoms with van der Waals surface area (Å²) in [5.74, 6) is 0. The summed E-state index contributed by atoms with van der Waals surface area (Å²) in [6.45, 7) is 0. The molecular formula is C40H27IrN3O-2. The molecule has 45 heavy (non-hydrogen) atoms. The fraction of sp³-hybridized carbons (Fsp3) is 0.0250. The van der Waals surface area contributed by atoms with Gasteiger partial charge in [0.1, 0.15) is 0 Å². The van der Waals surface area contributed by atoms with E-state index in [0.29, 0.717) is 22.6 Å². The predicted molar refractivity (Wildman–Crippen MR) is 177 cm³/mol. The largest absolute Gasteiger partial charge is 0.486 e. The van der Waals surface area contributed by atoms with E-state index in [1.54, 1.807) is 24.4 Å². The zero-order chi connectivity index (χ0) is 31.3. The van der Waals surface area contributed by atoms with E-state index in [2.05, 4.69) is 39.2 Å². The molecular weight excluding hydrogens is 731 g/mol. The Morgan fingerprint density at radius 1 is 0.622 bits per heavy atom. The summed E-state index contributed by atoms with van der Waals surface area (Å²) < 4.78 is 23.4. The number of hydrogen-bond donors (Lipinski definition) is 0. The van der Waals surface area contributed by atoms with Gasteiger partial charge in [0.2, 0.25) is 5.71 Å². The number of benzene rings is 4. The molecule has 0 N–H and O–H groups in total. The van der Waals surface area contributed by atoms with Crippen molar-refractivity contribution in [3.05, 3.63) is 175 Å². The number of rotatable bonds is 5. The fourth-order valence-corrected chi connectivity index (χ4v) is 4.97. The number of aromatic nitrogens is 3. The van der Waals surface area contributed by atoms with Gasteiger partial charge < -0.3 is 14.4 Å². The van der Waals surface area contributed by atoms with Gasteiger partial charge in [0.05, 0.1) is 5.58 Å². The van der Waals surface area contributed by atoms with Crippen LogP contribution in [0.5, 0.6) is 0 Å². The SMILES string of the molecule is [2H]C([2H])(c1ccccc1)c1ccc2c(n1)oc1c(-c3ccc(-c4ccccc4)cn3)[c-]ccc12.[Ir].[c-]1ccccc1-c1ccccn1. The van der Waals surface area contributed by atoms with E-state index in [4.69, 9.17) is 7.16 Å². The van der Waals surface area contributed by atoms with Crippen molar-refractivity contribution >= 4 is 22.1 Å². The van der Waals surface area contributed by atoms with E-state index < -0.39 is 6.37 Å². The van der Waals surface area contributed by atoms with E-state index in [1.165, 1.54) is 0 Å². The minimum Gasteiger partial charge on any atom is -0.486 e. The molecule has 0 saturated carbocycles. The van der Waals surface area contributed by atoms with Crippen molar-refractivity contribution in [2.75, 3.05) is 0 Å². The van der Waals surface area contributed by atoms with Crippen LogP contribution in [-0.4, -0.2) is 15.0 Å². The molecule has 0 fully saturated rings. The van der Waals surface area contributed by atoms with Gasteiger partial charge in [-0.1, -0.05) is 95.9 Å². The molecule has 0 aliphatic rings. The van der Waals surface area contributed by atoms with Crippen LogP contribution >= 0.6 is 0 Å². The van der Waals surface area contributed by atoms with Gasteiger partial charge >= 0.3 is 0 Å². The molecule has 0 saturated heterocycles. The topological polar surface area (TPSA) is 51.8 Å². The number of hydrogen-bond acceptors (Lipinski definition) is 4. The van der Waals surface area contributed by atoms with Crippen molar-refractivity contribution in [2.45, 2.75) is 6.37 Å². The third-order valence-corrected chi connectivity index (χ3v) is 7.12. The van der Waals surface area contributed by atoms with Gasteiger partial charge in [-0.3, -0.25) is 0 Å². The van der Waals surface area contributed by atoms with Crippen molar-refractivity contribution in [1.82, 2.24) is 15.0 Å². The Labute approximate surface area is 278 Å². The number of nitrogens with zero attached hydrogens (tertiary/aromatic N) is 3. The van der Waals surface area contributed by atoms with Crippen molar-refractivity contribution in [2.24, 2.45) is 0 Å². The van der Waals surface area contributed by atoms with Gasteiger partial charge in [-0.2, -0.15) is 0 Å². The first-order valence-electron chi connectivity index (χ1n) is 15.3. The molecule has 4 aromatic carbocycles. The van der Waals surface area contributed by atoms with Crippen molar-refractivity contribution in [1.29, 1.82) is 0 Å². The maximum absolute atomic E-state index is 8.63. The normalized spacial score (nSPS) is 11.6. The molecule has 0 bridgehead atoms. The summed E-state index contributed by atoms with van der Waals surface area (Å²) in [5.41, 5.74) is 7.56. The van der Waals surface area contributed by atoms with Gasteiger partial charge in [0.25, 0.3) is 0 Å². The van der Waals surface area contributed by atoms with Crippen molar-refractivity contribution in [3.8, 4) is 33.6 Å². The molecule has 8 rings (SSSR count). The summed E-state index contributed by atoms with van der Waals surface area (Å²) in [5, 5.41) is 1.73. The fourth-order valence-electron chi connectivity index (χ4n) is 4.97. The monoisotopic (exact) mass is 760 g/mol. The number of furan rings is 1. The summed E-state index contributed by atoms with van der Waals surface area (Å²) >= 11 is 0. The van der Waals surface area contributed by atoms with E-state index in [-0.39, 0.29) is 20.1 Å². The van der Waals surface area contributed by atoms with Crippen LogP contribution in [-0.2, 0) is 26.5 Å². The molecule has 4 heterocycles. The van der Waals surface area contributed by atoms with Gasteiger partial charge in [-0.05, 0) is 46.3 Å². The van der Waals surface area contributed by atoms with Crippen LogP contribution < -0.4 is 0 Å². The molecule has 0 unspecified atom stereocenters. The standard InChI is InChI=1S/C29H19N2O.C11H8N.Ir/c1-3-8-20(9-4-1)18-23-15-16-25-24-12-7-13-26(28(24)32-29(25)31-23)27-17-14-22(19-30-27)21-10-5-2-6-11-21;1-2-6-10(7-3-1)11-8-4-5-9-12-11;/h1-12,14-17,19H,18H2;1-6,8-9H;/q2*-1;/i18D2;;. The van der Waals surface area contributed by atoms with E-state index >= 15 is 0 Å². The third kappa shape index (κ3) is 6.81. The van der Waals surface area contributed by atoms with Crippen LogP contribution in [0.15, 0.2) is 156 Å². The predicted octanol–water partition coefficient (Wildman–Crippen LogP) is 9.65. The van der Waals surface area contributed by atoms with Crippen LogP contribution in [0.25, 0.3) is 55.7 Å². The minimum atomic E-state index is -1.74. The molecule has 4 nitrogen and oxygen atoms in total. The summed E-state index contributed by atoms with van der Waals surface area (Å²) in [6, 6.07) is 50.7. The maximum Gasteiger partial charge on any atom is 0.216 e. The average molecular weight is 760 g/mol. The van der Waals surface area contributed by atoms with E-state index in [0.717, 1.165) is 44.4 Å². The van der Waals surface area contributed by atoms with Crippen molar-refractivity contribution < 1.29 is 27.3 Å². The van der Waals surface area contributed by atoms with Gasteiger partial charge in [-0.15, -0.1) is 54.1 Å². The molecule has 1 radical (unpaired) electrons. The zero-order valence-corrected chi connectivity index (χ0v) is 26.4. The first-order valence-corrected chi connectivity index (χ1v) is 14.3. The number of pyridine rings is 3. The average Bonchev–Trinajstić information content (AvgIpc) is 3.52. The molecule has 5 heteroatoms. The molecule has 4 aromatic heterocycles. The Hall–Kier alpha value is -5.22. The van der Waals surface area contributed by atoms with Crippen LogP contribution in [0.3, 0.4) is 0 Å². The Bertz CT molecular complexity index is 2170. The molecule has 8 aromatic rings. The van der Waals surface area contributed by atoms with Crippen molar-refractivity contribution in [3.63, 3.8) is 0 Å². The van der Waals surface area contributed by atoms with Crippen LogP contribution in [0.4, 0.5) is 0 Å². The Kier molecular flexibility index (Phi) is 8.53. The van der Waals surface area contributed by atoms with Gasteiger partial charge in [0, 0.05) is 52.7 Å². The van der Waals surface area contributed by atoms with Crippen LogP contribution in [0, 0.1) is 12.1 Å². The second-order valence-electron chi connectivity index (χ2n) is 10.0. The molecule has 0 amide bonds. The molecule has 219 valence electrons. The van der Waals surface area contributed by atoms with E-state index in [9.17, 15) is 0 Å². The van der Waals surface area contributed by atoms with Crippen LogP contribution in [0.1, 0.15) is 14.0 Å². The minimum absolute atomic E-state index is 0. The Morgan fingerprint density at radius 2 is 1.42 bits per heavy atom. The summed E-state index contributed by atoms with van der Waals surface area (Å²) in [6.07, 6.45) is 1.90. The maximum atomic E-state index is 8.63. The second kappa shape index (κ2) is 14.0. The van der Waals surface area contributed by atoms with Gasteiger partial charge in [-0.25, -0.2) is 4.98 Å². The summed E-state index contributed by atoms with van der Waals surface area (Å²) in [7, 11) is 0. The first-order chi connectivity index (χ1) is 22.6. The van der Waals surface area contributed by atoms with Gasteiger partial charge in [0.15, 0.2) is 0 Å². The third-order valence-electron chi connectivity index (χ3n) is 7.12. The first kappa shape index (κ1) is 27.3. The van der Waals surface area contributed by atoms with E-state index in [1.807, 2.05) is 115 Å². The Morgan fingerprint density at radius 3 is 2.16 bits per heavy atom. The van der Waals surface area contributed by atoms with Crippen LogP contribution in [0.2, 0.25) is 0 Å². The smallest absolute Gasteiger partial charge is 0.216 e. The molecule has 0 aliphatic heterocycles. The zero-order valence-electron chi connectivity index (χ0n) is 26.0. The number of fused-ring (bicyclic) bond motifs is 3. The quantitative estimate of drug-likeness (QED) is 0.164. The Balaban J connectivity index is 0.000000250.